The first-order chi connectivity index (χ1) is 14.2. The van der Waals surface area contributed by atoms with Gasteiger partial charge in [0.15, 0.2) is 5.76 Å². The summed E-state index contributed by atoms with van der Waals surface area (Å²) in [5.41, 5.74) is 2.69. The third-order valence-corrected chi connectivity index (χ3v) is 4.82. The minimum atomic E-state index is -0.136. The number of rotatable bonds is 7. The van der Waals surface area contributed by atoms with E-state index in [2.05, 4.69) is 10.1 Å². The minimum absolute atomic E-state index is 0.00267. The van der Waals surface area contributed by atoms with Crippen LogP contribution in [0.4, 0.5) is 0 Å². The van der Waals surface area contributed by atoms with Crippen LogP contribution in [0.5, 0.6) is 0 Å². The van der Waals surface area contributed by atoms with E-state index in [1.807, 2.05) is 60.7 Å². The number of carbonyl (C=O) groups excluding carboxylic acids is 1. The van der Waals surface area contributed by atoms with Crippen LogP contribution in [0.3, 0.4) is 0 Å². The summed E-state index contributed by atoms with van der Waals surface area (Å²) in [6, 6.07) is 19.2. The molecule has 0 saturated heterocycles. The maximum Gasteiger partial charge on any atom is 0.223 e. The van der Waals surface area contributed by atoms with E-state index >= 15 is 0 Å². The van der Waals surface area contributed by atoms with Crippen LogP contribution in [-0.4, -0.2) is 28.0 Å². The summed E-state index contributed by atoms with van der Waals surface area (Å²) in [7, 11) is 1.77. The Morgan fingerprint density at radius 3 is 2.59 bits per heavy atom. The van der Waals surface area contributed by atoms with E-state index in [1.54, 1.807) is 30.6 Å². The summed E-state index contributed by atoms with van der Waals surface area (Å²) in [6.45, 7) is 0.344. The van der Waals surface area contributed by atoms with E-state index < -0.39 is 0 Å². The fourth-order valence-corrected chi connectivity index (χ4v) is 3.26. The van der Waals surface area contributed by atoms with Crippen LogP contribution in [0.15, 0.2) is 88.3 Å². The van der Waals surface area contributed by atoms with Gasteiger partial charge in [-0.1, -0.05) is 35.5 Å². The molecule has 0 spiro atoms. The predicted octanol–water partition coefficient (Wildman–Crippen LogP) is 4.51. The summed E-state index contributed by atoms with van der Waals surface area (Å²) >= 11 is 0. The molecule has 146 valence electrons. The molecule has 0 saturated carbocycles. The molecule has 6 heteroatoms. The normalized spacial score (nSPS) is 11.9. The van der Waals surface area contributed by atoms with Crippen molar-refractivity contribution < 1.29 is 13.7 Å². The highest BCUT2D eigenvalue weighted by molar-refractivity contribution is 5.77. The Morgan fingerprint density at radius 2 is 1.86 bits per heavy atom. The number of hydrogen-bond donors (Lipinski definition) is 0. The van der Waals surface area contributed by atoms with Crippen LogP contribution >= 0.6 is 0 Å². The summed E-state index contributed by atoms with van der Waals surface area (Å²) < 4.78 is 11.0. The van der Waals surface area contributed by atoms with Crippen molar-refractivity contribution in [2.24, 2.45) is 0 Å². The minimum Gasteiger partial charge on any atom is -0.469 e. The van der Waals surface area contributed by atoms with Gasteiger partial charge in [0.05, 0.1) is 18.7 Å². The van der Waals surface area contributed by atoms with Gasteiger partial charge in [-0.25, -0.2) is 0 Å². The third-order valence-electron chi connectivity index (χ3n) is 4.82. The van der Waals surface area contributed by atoms with Crippen molar-refractivity contribution in [3.63, 3.8) is 0 Å². The first kappa shape index (κ1) is 18.7. The van der Waals surface area contributed by atoms with Crippen LogP contribution in [-0.2, 0) is 11.3 Å². The van der Waals surface area contributed by atoms with Crippen molar-refractivity contribution in [1.29, 1.82) is 0 Å². The van der Waals surface area contributed by atoms with Gasteiger partial charge in [-0.2, -0.15) is 0 Å². The molecule has 29 heavy (non-hydrogen) atoms. The van der Waals surface area contributed by atoms with E-state index in [4.69, 9.17) is 8.94 Å². The van der Waals surface area contributed by atoms with Crippen LogP contribution in [0.2, 0.25) is 0 Å². The maximum atomic E-state index is 12.9. The molecule has 3 aromatic heterocycles. The van der Waals surface area contributed by atoms with Crippen molar-refractivity contribution in [2.75, 3.05) is 7.05 Å². The summed E-state index contributed by atoms with van der Waals surface area (Å²) in [6.07, 6.45) is 5.35. The second-order valence-corrected chi connectivity index (χ2v) is 6.85. The highest BCUT2D eigenvalue weighted by atomic mass is 16.5. The zero-order valence-electron chi connectivity index (χ0n) is 16.1. The van der Waals surface area contributed by atoms with Gasteiger partial charge in [-0.05, 0) is 29.8 Å². The number of furan rings is 1. The van der Waals surface area contributed by atoms with Crippen molar-refractivity contribution in [1.82, 2.24) is 15.0 Å². The number of amides is 1. The van der Waals surface area contributed by atoms with Gasteiger partial charge in [-0.3, -0.25) is 9.78 Å². The third kappa shape index (κ3) is 4.43. The number of benzene rings is 1. The van der Waals surface area contributed by atoms with Crippen molar-refractivity contribution in [3.05, 3.63) is 96.4 Å². The van der Waals surface area contributed by atoms with Gasteiger partial charge in [0.2, 0.25) is 5.91 Å². The quantitative estimate of drug-likeness (QED) is 0.466. The SMILES string of the molecule is CN(Cc1cc(-c2ccncc2)no1)C(=O)CC(c1ccccc1)c1ccco1. The van der Waals surface area contributed by atoms with Gasteiger partial charge in [0.1, 0.15) is 11.5 Å². The first-order valence-electron chi connectivity index (χ1n) is 9.39. The highest BCUT2D eigenvalue weighted by Gasteiger charge is 2.23. The van der Waals surface area contributed by atoms with Gasteiger partial charge < -0.3 is 13.8 Å². The second-order valence-electron chi connectivity index (χ2n) is 6.85. The number of hydrogen-bond acceptors (Lipinski definition) is 5. The molecule has 4 aromatic rings. The molecule has 6 nitrogen and oxygen atoms in total. The molecule has 0 radical (unpaired) electrons. The predicted molar refractivity (Wildman–Crippen MR) is 108 cm³/mol. The monoisotopic (exact) mass is 387 g/mol. The Labute approximate surface area is 168 Å². The summed E-state index contributed by atoms with van der Waals surface area (Å²) in [4.78, 5) is 18.6. The maximum absolute atomic E-state index is 12.9. The smallest absolute Gasteiger partial charge is 0.223 e. The van der Waals surface area contributed by atoms with Gasteiger partial charge in [-0.15, -0.1) is 0 Å². The number of carbonyl (C=O) groups is 1. The Morgan fingerprint density at radius 1 is 1.07 bits per heavy atom. The fourth-order valence-electron chi connectivity index (χ4n) is 3.26. The molecule has 3 heterocycles. The lowest BCUT2D eigenvalue weighted by molar-refractivity contribution is -0.131. The van der Waals surface area contributed by atoms with Gasteiger partial charge in [0, 0.05) is 37.5 Å². The van der Waals surface area contributed by atoms with E-state index in [9.17, 15) is 4.79 Å². The van der Waals surface area contributed by atoms with E-state index in [0.717, 1.165) is 22.6 Å². The fraction of sp³-hybridized carbons (Fsp3) is 0.174. The standard InChI is InChI=1S/C23H21N3O3/c1-26(16-19-14-21(25-29-19)18-9-11-24-12-10-18)23(27)15-20(22-8-5-13-28-22)17-6-3-2-4-7-17/h2-14,20H,15-16H2,1H3. The molecule has 1 aromatic carbocycles. The average Bonchev–Trinajstić information content (AvgIpc) is 3.45. The Balaban J connectivity index is 1.45. The topological polar surface area (TPSA) is 72.4 Å². The molecule has 1 atom stereocenters. The second kappa shape index (κ2) is 8.56. The van der Waals surface area contributed by atoms with Crippen molar-refractivity contribution in [3.8, 4) is 11.3 Å². The first-order valence-corrected chi connectivity index (χ1v) is 9.39. The number of nitrogens with zero attached hydrogens (tertiary/aromatic N) is 3. The lowest BCUT2D eigenvalue weighted by atomic mass is 9.92. The molecular formula is C23H21N3O3. The van der Waals surface area contributed by atoms with E-state index in [0.29, 0.717) is 18.7 Å². The van der Waals surface area contributed by atoms with Crippen LogP contribution in [0.1, 0.15) is 29.4 Å². The van der Waals surface area contributed by atoms with Gasteiger partial charge >= 0.3 is 0 Å². The lowest BCUT2D eigenvalue weighted by Gasteiger charge is -2.20. The Bertz CT molecular complexity index is 1040. The molecule has 1 unspecified atom stereocenters. The van der Waals surface area contributed by atoms with E-state index in [1.165, 1.54) is 0 Å². The van der Waals surface area contributed by atoms with Crippen molar-refractivity contribution >= 4 is 5.91 Å². The molecule has 0 bridgehead atoms. The Kier molecular flexibility index (Phi) is 5.52. The molecule has 0 N–H and O–H groups in total. The summed E-state index contributed by atoms with van der Waals surface area (Å²) in [5, 5.41) is 4.09. The zero-order valence-corrected chi connectivity index (χ0v) is 16.1. The van der Waals surface area contributed by atoms with E-state index in [-0.39, 0.29) is 11.8 Å². The zero-order chi connectivity index (χ0) is 20.1. The van der Waals surface area contributed by atoms with Gasteiger partial charge in [0.25, 0.3) is 0 Å². The Hall–Kier alpha value is -3.67. The molecule has 0 aliphatic rings. The molecule has 0 aliphatic carbocycles. The van der Waals surface area contributed by atoms with Crippen molar-refractivity contribution in [2.45, 2.75) is 18.9 Å². The molecule has 1 amide bonds. The number of pyridine rings is 1. The van der Waals surface area contributed by atoms with Crippen LogP contribution in [0.25, 0.3) is 11.3 Å². The molecule has 0 fully saturated rings. The largest absolute Gasteiger partial charge is 0.469 e. The summed E-state index contributed by atoms with van der Waals surface area (Å²) in [5.74, 6) is 1.26. The average molecular weight is 387 g/mol. The highest BCUT2D eigenvalue weighted by Crippen LogP contribution is 2.29. The van der Waals surface area contributed by atoms with Crippen LogP contribution in [0, 0.1) is 0 Å². The lowest BCUT2D eigenvalue weighted by Crippen LogP contribution is -2.27. The molecule has 4 rings (SSSR count). The van der Waals surface area contributed by atoms with Crippen LogP contribution < -0.4 is 0 Å². The molecule has 0 aliphatic heterocycles. The number of aromatic nitrogens is 2. The molecular weight excluding hydrogens is 366 g/mol.